The van der Waals surface area contributed by atoms with Crippen LogP contribution in [0.1, 0.15) is 60.3 Å². The summed E-state index contributed by atoms with van der Waals surface area (Å²) in [6.45, 7) is 13.1. The molecule has 160 valence electrons. The number of esters is 2. The highest BCUT2D eigenvalue weighted by atomic mass is 16.6. The van der Waals surface area contributed by atoms with Crippen molar-refractivity contribution in [1.82, 2.24) is 0 Å². The maximum absolute atomic E-state index is 12.9. The van der Waals surface area contributed by atoms with Crippen LogP contribution in [0.2, 0.25) is 0 Å². The molecule has 1 heterocycles. The number of ketones is 1. The van der Waals surface area contributed by atoms with Crippen LogP contribution < -0.4 is 0 Å². The summed E-state index contributed by atoms with van der Waals surface area (Å²) in [5.41, 5.74) is 0.748. The van der Waals surface area contributed by atoms with E-state index in [0.29, 0.717) is 18.4 Å². The SMILES string of the molecule is C=C(C(CC=C(C)C)OC(=O)C=CCCC)C1CC2OC2(C)C(=O)C1OC(C)=O. The first-order chi connectivity index (χ1) is 13.6. The van der Waals surface area contributed by atoms with Crippen LogP contribution in [0.5, 0.6) is 0 Å². The summed E-state index contributed by atoms with van der Waals surface area (Å²) in [5.74, 6) is -1.71. The zero-order chi connectivity index (χ0) is 21.8. The smallest absolute Gasteiger partial charge is 0.331 e. The predicted molar refractivity (Wildman–Crippen MR) is 109 cm³/mol. The molecule has 0 radical (unpaired) electrons. The predicted octanol–water partition coefficient (Wildman–Crippen LogP) is 3.85. The normalized spacial score (nSPS) is 29.0. The molecule has 0 aromatic carbocycles. The molecule has 2 aliphatic rings. The van der Waals surface area contributed by atoms with E-state index in [2.05, 4.69) is 6.58 Å². The van der Waals surface area contributed by atoms with Gasteiger partial charge in [-0.1, -0.05) is 37.6 Å². The van der Waals surface area contributed by atoms with Gasteiger partial charge in [-0.3, -0.25) is 9.59 Å². The van der Waals surface area contributed by atoms with E-state index < -0.39 is 35.7 Å². The number of carbonyl (C=O) groups is 3. The third-order valence-electron chi connectivity index (χ3n) is 5.42. The van der Waals surface area contributed by atoms with Gasteiger partial charge in [-0.05, 0) is 39.2 Å². The topological polar surface area (TPSA) is 82.2 Å². The monoisotopic (exact) mass is 404 g/mol. The highest BCUT2D eigenvalue weighted by Crippen LogP contribution is 2.50. The average Bonchev–Trinajstić information content (AvgIpc) is 3.32. The maximum Gasteiger partial charge on any atom is 0.331 e. The highest BCUT2D eigenvalue weighted by molar-refractivity contribution is 5.96. The van der Waals surface area contributed by atoms with E-state index in [1.807, 2.05) is 26.8 Å². The van der Waals surface area contributed by atoms with Gasteiger partial charge < -0.3 is 14.2 Å². The van der Waals surface area contributed by atoms with Crippen LogP contribution >= 0.6 is 0 Å². The number of Topliss-reactive ketones (excluding diaryl/α,β-unsaturated/α-hetero) is 1. The molecule has 0 bridgehead atoms. The number of ether oxygens (including phenoxy) is 3. The molecular formula is C23H32O6. The fraction of sp³-hybridized carbons (Fsp3) is 0.609. The minimum absolute atomic E-state index is 0.229. The molecule has 0 aromatic heterocycles. The number of unbranched alkanes of at least 4 members (excludes halogenated alkanes) is 1. The summed E-state index contributed by atoms with van der Waals surface area (Å²) in [5, 5.41) is 0. The molecule has 5 unspecified atom stereocenters. The van der Waals surface area contributed by atoms with Crippen LogP contribution in [0, 0.1) is 5.92 Å². The number of allylic oxidation sites excluding steroid dienone is 2. The summed E-state index contributed by atoms with van der Waals surface area (Å²) < 4.78 is 16.6. The van der Waals surface area contributed by atoms with Crippen molar-refractivity contribution in [3.63, 3.8) is 0 Å². The second-order valence-corrected chi connectivity index (χ2v) is 8.16. The Morgan fingerprint density at radius 2 is 2.03 bits per heavy atom. The molecule has 0 spiro atoms. The summed E-state index contributed by atoms with van der Waals surface area (Å²) in [6, 6.07) is 0. The molecule has 0 N–H and O–H groups in total. The molecule has 1 saturated heterocycles. The number of hydrogen-bond donors (Lipinski definition) is 0. The van der Waals surface area contributed by atoms with Crippen molar-refractivity contribution < 1.29 is 28.6 Å². The summed E-state index contributed by atoms with van der Waals surface area (Å²) >= 11 is 0. The van der Waals surface area contributed by atoms with Gasteiger partial charge in [-0.25, -0.2) is 4.79 Å². The van der Waals surface area contributed by atoms with Crippen LogP contribution in [0.4, 0.5) is 0 Å². The van der Waals surface area contributed by atoms with Crippen molar-refractivity contribution in [3.05, 3.63) is 36.0 Å². The largest absolute Gasteiger partial charge is 0.454 e. The standard InChI is InChI=1S/C23H32O6/c1-7-8-9-10-20(25)28-18(12-11-14(2)3)15(4)17-13-19-23(6,29-19)22(26)21(17)27-16(5)24/h9-11,17-19,21H,4,7-8,12-13H2,1-3,5-6H3. The molecule has 0 aromatic rings. The van der Waals surface area contributed by atoms with Crippen molar-refractivity contribution in [3.8, 4) is 0 Å². The van der Waals surface area contributed by atoms with Crippen molar-refractivity contribution >= 4 is 17.7 Å². The van der Waals surface area contributed by atoms with E-state index in [-0.39, 0.29) is 11.9 Å². The van der Waals surface area contributed by atoms with Gasteiger partial charge in [0.05, 0.1) is 6.10 Å². The second kappa shape index (κ2) is 9.53. The Kier molecular flexibility index (Phi) is 7.58. The van der Waals surface area contributed by atoms with Gasteiger partial charge in [-0.2, -0.15) is 0 Å². The van der Waals surface area contributed by atoms with Gasteiger partial charge in [-0.15, -0.1) is 0 Å². The molecule has 29 heavy (non-hydrogen) atoms. The molecule has 6 heteroatoms. The van der Waals surface area contributed by atoms with E-state index >= 15 is 0 Å². The van der Waals surface area contributed by atoms with Crippen LogP contribution in [0.15, 0.2) is 36.0 Å². The lowest BCUT2D eigenvalue weighted by atomic mass is 9.74. The fourth-order valence-corrected chi connectivity index (χ4v) is 3.61. The third-order valence-corrected chi connectivity index (χ3v) is 5.42. The number of carbonyl (C=O) groups excluding carboxylic acids is 3. The van der Waals surface area contributed by atoms with Crippen LogP contribution in [-0.2, 0) is 28.6 Å². The Balaban J connectivity index is 2.22. The first-order valence-electron chi connectivity index (χ1n) is 10.2. The van der Waals surface area contributed by atoms with E-state index in [1.54, 1.807) is 13.0 Å². The van der Waals surface area contributed by atoms with Crippen LogP contribution in [-0.4, -0.2) is 41.6 Å². The Bertz CT molecular complexity index is 730. The molecule has 1 aliphatic carbocycles. The summed E-state index contributed by atoms with van der Waals surface area (Å²) in [4.78, 5) is 36.7. The zero-order valence-electron chi connectivity index (χ0n) is 18.0. The van der Waals surface area contributed by atoms with Gasteiger partial charge in [0.1, 0.15) is 6.10 Å². The lowest BCUT2D eigenvalue weighted by molar-refractivity contribution is -0.159. The van der Waals surface area contributed by atoms with Crippen molar-refractivity contribution in [2.45, 2.75) is 84.2 Å². The molecule has 6 nitrogen and oxygen atoms in total. The molecule has 2 rings (SSSR count). The van der Waals surface area contributed by atoms with Gasteiger partial charge >= 0.3 is 11.9 Å². The van der Waals surface area contributed by atoms with E-state index in [4.69, 9.17) is 14.2 Å². The van der Waals surface area contributed by atoms with Gasteiger partial charge in [0, 0.05) is 25.3 Å². The van der Waals surface area contributed by atoms with E-state index in [0.717, 1.165) is 18.4 Å². The first kappa shape index (κ1) is 23.1. The quantitative estimate of drug-likeness (QED) is 0.251. The number of rotatable bonds is 9. The van der Waals surface area contributed by atoms with Gasteiger partial charge in [0.2, 0.25) is 5.78 Å². The van der Waals surface area contributed by atoms with Crippen LogP contribution in [0.25, 0.3) is 0 Å². The Morgan fingerprint density at radius 1 is 1.34 bits per heavy atom. The average molecular weight is 405 g/mol. The molecular weight excluding hydrogens is 372 g/mol. The van der Waals surface area contributed by atoms with Crippen molar-refractivity contribution in [1.29, 1.82) is 0 Å². The Labute approximate surface area is 173 Å². The van der Waals surface area contributed by atoms with Crippen molar-refractivity contribution in [2.24, 2.45) is 5.92 Å². The van der Waals surface area contributed by atoms with E-state index in [1.165, 1.54) is 13.0 Å². The molecule has 5 atom stereocenters. The van der Waals surface area contributed by atoms with Crippen LogP contribution in [0.3, 0.4) is 0 Å². The lowest BCUT2D eigenvalue weighted by Gasteiger charge is -2.34. The number of hydrogen-bond acceptors (Lipinski definition) is 6. The fourth-order valence-electron chi connectivity index (χ4n) is 3.61. The van der Waals surface area contributed by atoms with Gasteiger partial charge in [0.25, 0.3) is 0 Å². The third kappa shape index (κ3) is 5.66. The molecule has 2 fully saturated rings. The summed E-state index contributed by atoms with van der Waals surface area (Å²) in [7, 11) is 0. The van der Waals surface area contributed by atoms with Gasteiger partial charge in [0.15, 0.2) is 11.7 Å². The number of epoxide rings is 1. The molecule has 0 amide bonds. The van der Waals surface area contributed by atoms with E-state index in [9.17, 15) is 14.4 Å². The first-order valence-corrected chi connectivity index (χ1v) is 10.2. The maximum atomic E-state index is 12.9. The molecule has 1 aliphatic heterocycles. The second-order valence-electron chi connectivity index (χ2n) is 8.16. The minimum Gasteiger partial charge on any atom is -0.454 e. The van der Waals surface area contributed by atoms with Crippen molar-refractivity contribution in [2.75, 3.05) is 0 Å². The Hall–Kier alpha value is -2.21. The minimum atomic E-state index is -0.979. The molecule has 1 saturated carbocycles. The zero-order valence-corrected chi connectivity index (χ0v) is 18.0. The number of fused-ring (bicyclic) bond motifs is 1. The highest BCUT2D eigenvalue weighted by Gasteiger charge is 2.66. The lowest BCUT2D eigenvalue weighted by Crippen LogP contribution is -2.48. The Morgan fingerprint density at radius 3 is 2.62 bits per heavy atom. The summed E-state index contributed by atoms with van der Waals surface area (Å²) in [6.07, 6.45) is 5.98.